The molecule has 0 unspecified atom stereocenters. The molecular weight excluding hydrogens is 2170 g/mol. The molecule has 0 aliphatic heterocycles. The largest absolute Gasteiger partial charge is 0.477 e. The number of carbonyl (C=O) groups is 2. The van der Waals surface area contributed by atoms with Crippen LogP contribution in [0, 0.1) is 42.2 Å². The van der Waals surface area contributed by atoms with Gasteiger partial charge in [0.05, 0.1) is 44.1 Å². The Hall–Kier alpha value is -16.9. The number of carboxylic acids is 2. The van der Waals surface area contributed by atoms with Crippen LogP contribution in [0.4, 0.5) is 58.4 Å². The number of nitrogens with zero attached hydrogens (tertiary/aromatic N) is 12. The molecule has 22 rings (SSSR count). The maximum absolute atomic E-state index is 13.7. The maximum Gasteiger partial charge on any atom is 0.381 e. The number of aromatic carboxylic acids is 2. The van der Waals surface area contributed by atoms with Crippen molar-refractivity contribution in [3.05, 3.63) is 452 Å². The number of rotatable bonds is 10. The van der Waals surface area contributed by atoms with Crippen LogP contribution >= 0.6 is 0 Å². The summed E-state index contributed by atoms with van der Waals surface area (Å²) in [6.07, 6.45) is -10.7. The summed E-state index contributed by atoms with van der Waals surface area (Å²) in [4.78, 5) is 47.9. The number of para-hydroxylation sites is 8. The van der Waals surface area contributed by atoms with E-state index in [-0.39, 0.29) is 75.1 Å². The van der Waals surface area contributed by atoms with E-state index < -0.39 is 70.0 Å². The van der Waals surface area contributed by atoms with Crippen LogP contribution in [0.15, 0.2) is 377 Å². The summed E-state index contributed by atoms with van der Waals surface area (Å²) in [5.41, 5.74) is 8.87. The van der Waals surface area contributed by atoms with Gasteiger partial charge in [0, 0.05) is 149 Å². The second-order valence-corrected chi connectivity index (χ2v) is 30.6. The molecular formula is C110H64F12Ir2N12O4-4. The Morgan fingerprint density at radius 2 is 0.579 bits per heavy atom. The van der Waals surface area contributed by atoms with Crippen molar-refractivity contribution in [1.82, 2.24) is 48.2 Å². The average molecular weight is 2230 g/mol. The molecule has 10 aromatic heterocycles. The Labute approximate surface area is 815 Å². The van der Waals surface area contributed by atoms with Gasteiger partial charge < -0.3 is 48.4 Å². The van der Waals surface area contributed by atoms with Gasteiger partial charge in [0.25, 0.3) is 0 Å². The number of halogens is 12. The van der Waals surface area contributed by atoms with Gasteiger partial charge in [-0.25, -0.2) is 24.8 Å². The van der Waals surface area contributed by atoms with Crippen LogP contribution in [0.1, 0.15) is 48.8 Å². The summed E-state index contributed by atoms with van der Waals surface area (Å²) < 4.78 is 169. The third-order valence-corrected chi connectivity index (χ3v) is 22.2. The Balaban J connectivity index is 0.000000133. The van der Waals surface area contributed by atoms with Crippen LogP contribution in [0.3, 0.4) is 0 Å². The average Bonchev–Trinajstić information content (AvgIpc) is 1.61. The third kappa shape index (κ3) is 20.9. The van der Waals surface area contributed by atoms with E-state index in [9.17, 15) is 62.3 Å². The van der Waals surface area contributed by atoms with Crippen molar-refractivity contribution in [2.45, 2.75) is 24.7 Å². The molecule has 2 radical (unpaired) electrons. The number of carboxylic acid groups (broad SMARTS) is 2. The van der Waals surface area contributed by atoms with Crippen LogP contribution < -0.4 is 0 Å². The minimum atomic E-state index is -5.02. The van der Waals surface area contributed by atoms with Gasteiger partial charge in [-0.2, -0.15) is 57.5 Å². The van der Waals surface area contributed by atoms with Gasteiger partial charge in [0.1, 0.15) is 18.0 Å². The van der Waals surface area contributed by atoms with Crippen molar-refractivity contribution >= 4 is 105 Å². The minimum Gasteiger partial charge on any atom is -0.477 e. The first-order valence-corrected chi connectivity index (χ1v) is 41.9. The van der Waals surface area contributed by atoms with Crippen LogP contribution in [-0.2, 0) is 64.9 Å². The Morgan fingerprint density at radius 3 is 0.807 bits per heavy atom. The number of pyridine rings is 6. The number of alkyl halides is 12. The molecule has 12 aromatic carbocycles. The summed E-state index contributed by atoms with van der Waals surface area (Å²) in [5.74, 6) is -1.98. The standard InChI is InChI=1S/2C25H13F6N2.2C24H14N3.2C6H5NO2.2Ir/c2*26-24(27,28)15-9-10-19(20(13-15)25(29,30)31)21-14-16(11-12-32-21)33-22-7-3-1-5-17(22)18-6-2-4-8-23(18)33;1-25-18-12-10-17(11-13-18)22-16-19(14-15-26-22)27-23-8-4-2-6-20(23)21-7-3-5-9-24(21)27;25-16-17-9-11-18(12-10-17)22-15-19(13-14-26-22)27-23-7-3-1-5-20(23)21-6-2-4-8-24(21)27;2*8-6(9)5-3-1-2-4-7-5;;/h2*1-9,11-14H;2-10,12-16H;1-11,13-15H;2*1-4H,(H,8,9);;/q4*-1;;;;. The predicted molar refractivity (Wildman–Crippen MR) is 505 cm³/mol. The van der Waals surface area contributed by atoms with E-state index >= 15 is 0 Å². The molecule has 30 heteroatoms. The third-order valence-electron chi connectivity index (χ3n) is 22.2. The van der Waals surface area contributed by atoms with E-state index in [4.69, 9.17) is 22.0 Å². The SMILES string of the molecule is FC(F)(F)c1c[c-]c(-c2cc(-n3c4ccccc4c4ccccc43)ccn2)c(C(F)(F)F)c1.FC(F)(F)c1c[c-]c(-c2cc(-n3c4ccccc4c4ccccc43)ccn2)c(C(F)(F)F)c1.N#Cc1c[c-]c(-c2cc(-n3c4ccccc4c4ccccc43)ccn2)cc1.O=C(O)c1ccccn1.O=C(O)c1ccccn1.[C-]#[N+]c1c[c-]c(-c2cc(-n3c4ccccc4c4ccccc43)ccn2)cc1.[Ir].[Ir]. The molecule has 0 saturated heterocycles. The van der Waals surface area contributed by atoms with Gasteiger partial charge in [-0.05, 0) is 148 Å². The summed E-state index contributed by atoms with van der Waals surface area (Å²) in [6.45, 7) is 7.09. The Bertz CT molecular complexity index is 7710. The molecule has 16 nitrogen and oxygen atoms in total. The topological polar surface area (TPSA) is 200 Å². The molecule has 0 spiro atoms. The fraction of sp³-hybridized carbons (Fsp3) is 0.0364. The zero-order valence-corrected chi connectivity index (χ0v) is 76.9. The molecule has 0 atom stereocenters. The first kappa shape index (κ1) is 97.7. The van der Waals surface area contributed by atoms with Crippen LogP contribution in [0.2, 0.25) is 0 Å². The van der Waals surface area contributed by atoms with Crippen molar-refractivity contribution in [2.75, 3.05) is 0 Å². The Morgan fingerprint density at radius 1 is 0.307 bits per heavy atom. The molecule has 0 fully saturated rings. The summed E-state index contributed by atoms with van der Waals surface area (Å²) in [5, 5.41) is 34.4. The molecule has 10 heterocycles. The van der Waals surface area contributed by atoms with Gasteiger partial charge >= 0.3 is 36.6 Å². The van der Waals surface area contributed by atoms with Crippen LogP contribution in [-0.4, -0.2) is 70.3 Å². The van der Waals surface area contributed by atoms with Crippen molar-refractivity contribution in [3.63, 3.8) is 0 Å². The molecule has 0 saturated carbocycles. The number of benzene rings is 12. The molecule has 22 aromatic rings. The number of hydrogen-bond donors (Lipinski definition) is 2. The van der Waals surface area contributed by atoms with E-state index in [1.54, 1.807) is 60.7 Å². The van der Waals surface area contributed by atoms with Crippen molar-refractivity contribution in [3.8, 4) is 73.8 Å². The van der Waals surface area contributed by atoms with Gasteiger partial charge in [0.15, 0.2) is 0 Å². The van der Waals surface area contributed by atoms with E-state index in [0.717, 1.165) is 77.5 Å². The molecule has 0 aliphatic rings. The number of nitriles is 1. The quantitative estimate of drug-likeness (QED) is 0.0975. The van der Waals surface area contributed by atoms with Gasteiger partial charge in [-0.1, -0.05) is 194 Å². The molecule has 694 valence electrons. The van der Waals surface area contributed by atoms with E-state index in [0.29, 0.717) is 34.8 Å². The molecule has 0 aliphatic carbocycles. The van der Waals surface area contributed by atoms with Gasteiger partial charge in [-0.3, -0.25) is 0 Å². The normalized spacial score (nSPS) is 11.3. The van der Waals surface area contributed by atoms with Crippen LogP contribution in [0.5, 0.6) is 0 Å². The van der Waals surface area contributed by atoms with E-state index in [1.165, 1.54) is 92.7 Å². The smallest absolute Gasteiger partial charge is 0.381 e. The maximum atomic E-state index is 13.7. The molecule has 0 amide bonds. The number of aromatic nitrogens is 10. The van der Waals surface area contributed by atoms with Crippen molar-refractivity contribution in [1.29, 1.82) is 5.26 Å². The van der Waals surface area contributed by atoms with Crippen molar-refractivity contribution in [2.24, 2.45) is 0 Å². The fourth-order valence-electron chi connectivity index (χ4n) is 16.1. The second-order valence-electron chi connectivity index (χ2n) is 30.6. The van der Waals surface area contributed by atoms with Crippen molar-refractivity contribution < 1.29 is 113 Å². The zero-order valence-electron chi connectivity index (χ0n) is 72.1. The number of fused-ring (bicyclic) bond motifs is 12. The molecule has 140 heavy (non-hydrogen) atoms. The van der Waals surface area contributed by atoms with Gasteiger partial charge in [0.2, 0.25) is 5.69 Å². The fourth-order valence-corrected chi connectivity index (χ4v) is 16.1. The predicted octanol–water partition coefficient (Wildman–Crippen LogP) is 28.6. The zero-order chi connectivity index (χ0) is 96.6. The first-order chi connectivity index (χ1) is 66.6. The van der Waals surface area contributed by atoms with Gasteiger partial charge in [-0.15, -0.1) is 95.1 Å². The molecule has 0 bridgehead atoms. The first-order valence-electron chi connectivity index (χ1n) is 41.9. The summed E-state index contributed by atoms with van der Waals surface area (Å²) >= 11 is 0. The van der Waals surface area contributed by atoms with Crippen LogP contribution in [0.25, 0.3) is 160 Å². The summed E-state index contributed by atoms with van der Waals surface area (Å²) in [6, 6.07) is 113. The second kappa shape index (κ2) is 41.8. The number of hydrogen-bond acceptors (Lipinski definition) is 9. The summed E-state index contributed by atoms with van der Waals surface area (Å²) in [7, 11) is 0. The monoisotopic (exact) mass is 2230 g/mol. The minimum absolute atomic E-state index is 0. The Kier molecular flexibility index (Phi) is 29.1. The molecule has 2 N–H and O–H groups in total. The van der Waals surface area contributed by atoms with E-state index in [2.05, 4.69) is 183 Å². The van der Waals surface area contributed by atoms with E-state index in [1.807, 2.05) is 143 Å².